The number of hydrogen-bond acceptors (Lipinski definition) is 3. The van der Waals surface area contributed by atoms with Gasteiger partial charge in [-0.15, -0.1) is 0 Å². The van der Waals surface area contributed by atoms with Gasteiger partial charge in [0, 0.05) is 36.5 Å². The third-order valence-corrected chi connectivity index (χ3v) is 4.74. The van der Waals surface area contributed by atoms with Crippen LogP contribution in [0.3, 0.4) is 0 Å². The van der Waals surface area contributed by atoms with Crippen molar-refractivity contribution in [3.05, 3.63) is 72.4 Å². The maximum Gasteiger partial charge on any atom is 0.0972 e. The summed E-state index contributed by atoms with van der Waals surface area (Å²) in [5.41, 5.74) is 4.56. The van der Waals surface area contributed by atoms with Gasteiger partial charge in [0.1, 0.15) is 0 Å². The molecule has 2 aromatic carbocycles. The number of hydrogen-bond donors (Lipinski definition) is 0. The lowest BCUT2D eigenvalue weighted by atomic mass is 10.1. The molecule has 0 amide bonds. The summed E-state index contributed by atoms with van der Waals surface area (Å²) in [5, 5.41) is 4.90. The Kier molecular flexibility index (Phi) is 4.63. The van der Waals surface area contributed by atoms with Gasteiger partial charge in [0.25, 0.3) is 0 Å². The summed E-state index contributed by atoms with van der Waals surface area (Å²) in [6, 6.07) is 21.2. The minimum absolute atomic E-state index is 0.428. The van der Waals surface area contributed by atoms with Gasteiger partial charge < -0.3 is 4.74 Å². The molecule has 1 aliphatic heterocycles. The van der Waals surface area contributed by atoms with Gasteiger partial charge in [-0.3, -0.25) is 4.90 Å². The molecule has 0 N–H and O–H groups in total. The zero-order valence-corrected chi connectivity index (χ0v) is 14.5. The number of ether oxygens (including phenoxy) is 1. The van der Waals surface area contributed by atoms with Crippen LogP contribution in [0, 0.1) is 0 Å². The van der Waals surface area contributed by atoms with E-state index >= 15 is 0 Å². The molecule has 0 unspecified atom stereocenters. The van der Waals surface area contributed by atoms with E-state index in [9.17, 15) is 0 Å². The Balaban J connectivity index is 1.72. The first-order valence-corrected chi connectivity index (χ1v) is 8.82. The fourth-order valence-corrected chi connectivity index (χ4v) is 3.29. The molecule has 4 nitrogen and oxygen atoms in total. The van der Waals surface area contributed by atoms with E-state index < -0.39 is 0 Å². The van der Waals surface area contributed by atoms with Crippen molar-refractivity contribution in [1.29, 1.82) is 0 Å². The average Bonchev–Trinajstić information content (AvgIpc) is 3.09. The van der Waals surface area contributed by atoms with Crippen LogP contribution in [0.1, 0.15) is 12.5 Å². The number of rotatable bonds is 4. The third-order valence-electron chi connectivity index (χ3n) is 4.74. The van der Waals surface area contributed by atoms with Crippen molar-refractivity contribution in [2.45, 2.75) is 19.5 Å². The van der Waals surface area contributed by atoms with E-state index in [0.717, 1.165) is 43.2 Å². The molecule has 4 rings (SSSR count). The van der Waals surface area contributed by atoms with E-state index in [1.54, 1.807) is 0 Å². The monoisotopic (exact) mass is 333 g/mol. The zero-order valence-electron chi connectivity index (χ0n) is 14.5. The van der Waals surface area contributed by atoms with E-state index in [4.69, 9.17) is 9.84 Å². The van der Waals surface area contributed by atoms with E-state index in [1.165, 1.54) is 5.56 Å². The van der Waals surface area contributed by atoms with Crippen LogP contribution in [0.5, 0.6) is 0 Å². The maximum absolute atomic E-state index is 5.58. The molecule has 1 atom stereocenters. The fraction of sp³-hybridized carbons (Fsp3) is 0.286. The summed E-state index contributed by atoms with van der Waals surface area (Å²) in [5.74, 6) is 0. The Bertz CT molecular complexity index is 814. The Morgan fingerprint density at radius 3 is 2.48 bits per heavy atom. The molecule has 25 heavy (non-hydrogen) atoms. The highest BCUT2D eigenvalue weighted by atomic mass is 16.5. The van der Waals surface area contributed by atoms with Gasteiger partial charge in [-0.05, 0) is 19.1 Å². The molecular formula is C21H23N3O. The molecule has 1 aromatic heterocycles. The second-order valence-electron chi connectivity index (χ2n) is 6.54. The number of nitrogens with zero attached hydrogens (tertiary/aromatic N) is 3. The molecule has 0 saturated carbocycles. The Morgan fingerprint density at radius 1 is 1.04 bits per heavy atom. The van der Waals surface area contributed by atoms with Crippen LogP contribution in [0.4, 0.5) is 0 Å². The largest absolute Gasteiger partial charge is 0.379 e. The van der Waals surface area contributed by atoms with E-state index in [1.807, 2.05) is 28.9 Å². The van der Waals surface area contributed by atoms with E-state index in [2.05, 4.69) is 54.4 Å². The first-order valence-electron chi connectivity index (χ1n) is 8.82. The quantitative estimate of drug-likeness (QED) is 0.728. The second kappa shape index (κ2) is 7.21. The van der Waals surface area contributed by atoms with Crippen LogP contribution in [-0.2, 0) is 11.3 Å². The minimum atomic E-state index is 0.428. The summed E-state index contributed by atoms with van der Waals surface area (Å²) < 4.78 is 7.57. The highest BCUT2D eigenvalue weighted by Gasteiger charge is 2.22. The van der Waals surface area contributed by atoms with Crippen molar-refractivity contribution in [2.75, 3.05) is 19.8 Å². The van der Waals surface area contributed by atoms with Crippen molar-refractivity contribution in [2.24, 2.45) is 0 Å². The van der Waals surface area contributed by atoms with Crippen LogP contribution in [0.15, 0.2) is 66.9 Å². The van der Waals surface area contributed by atoms with E-state index in [0.29, 0.717) is 6.04 Å². The number of benzene rings is 2. The first kappa shape index (κ1) is 16.1. The fourth-order valence-electron chi connectivity index (χ4n) is 3.29. The molecule has 4 heteroatoms. The number of para-hydroxylation sites is 1. The predicted octanol–water partition coefficient (Wildman–Crippen LogP) is 3.76. The second-order valence-corrected chi connectivity index (χ2v) is 6.54. The summed E-state index contributed by atoms with van der Waals surface area (Å²) in [4.78, 5) is 2.47. The minimum Gasteiger partial charge on any atom is -0.379 e. The normalized spacial score (nSPS) is 18.4. The Labute approximate surface area is 148 Å². The van der Waals surface area contributed by atoms with Gasteiger partial charge in [0.15, 0.2) is 0 Å². The SMILES string of the molecule is C[C@@H]1COCCN1Cc1cn(-c2ccccc2)nc1-c1ccccc1. The molecular weight excluding hydrogens is 310 g/mol. The lowest BCUT2D eigenvalue weighted by Gasteiger charge is -2.33. The molecule has 1 aliphatic rings. The van der Waals surface area contributed by atoms with Gasteiger partial charge in [0.2, 0.25) is 0 Å². The van der Waals surface area contributed by atoms with Crippen LogP contribution < -0.4 is 0 Å². The zero-order chi connectivity index (χ0) is 17.1. The number of morpholine rings is 1. The molecule has 1 fully saturated rings. The van der Waals surface area contributed by atoms with Crippen molar-refractivity contribution in [3.63, 3.8) is 0 Å². The lowest BCUT2D eigenvalue weighted by Crippen LogP contribution is -2.42. The van der Waals surface area contributed by atoms with Crippen molar-refractivity contribution in [3.8, 4) is 16.9 Å². The van der Waals surface area contributed by atoms with Gasteiger partial charge in [-0.1, -0.05) is 48.5 Å². The van der Waals surface area contributed by atoms with Gasteiger partial charge in [0.05, 0.1) is 24.6 Å². The molecule has 128 valence electrons. The first-order chi connectivity index (χ1) is 12.3. The maximum atomic E-state index is 5.58. The smallest absolute Gasteiger partial charge is 0.0972 e. The third kappa shape index (κ3) is 3.50. The van der Waals surface area contributed by atoms with Gasteiger partial charge in [-0.2, -0.15) is 5.10 Å². The molecule has 0 spiro atoms. The predicted molar refractivity (Wildman–Crippen MR) is 99.7 cm³/mol. The van der Waals surface area contributed by atoms with Crippen molar-refractivity contribution in [1.82, 2.24) is 14.7 Å². The van der Waals surface area contributed by atoms with Gasteiger partial charge in [-0.25, -0.2) is 4.68 Å². The van der Waals surface area contributed by atoms with E-state index in [-0.39, 0.29) is 0 Å². The summed E-state index contributed by atoms with van der Waals surface area (Å²) in [6.07, 6.45) is 2.17. The summed E-state index contributed by atoms with van der Waals surface area (Å²) >= 11 is 0. The van der Waals surface area contributed by atoms with Crippen LogP contribution >= 0.6 is 0 Å². The highest BCUT2D eigenvalue weighted by molar-refractivity contribution is 5.63. The molecule has 2 heterocycles. The van der Waals surface area contributed by atoms with Crippen LogP contribution in [0.25, 0.3) is 16.9 Å². The summed E-state index contributed by atoms with van der Waals surface area (Å²) in [6.45, 7) is 5.68. The molecule has 0 bridgehead atoms. The Morgan fingerprint density at radius 2 is 1.76 bits per heavy atom. The summed E-state index contributed by atoms with van der Waals surface area (Å²) in [7, 11) is 0. The van der Waals surface area contributed by atoms with Crippen molar-refractivity contribution >= 4 is 0 Å². The topological polar surface area (TPSA) is 30.3 Å². The van der Waals surface area contributed by atoms with Gasteiger partial charge >= 0.3 is 0 Å². The number of aromatic nitrogens is 2. The van der Waals surface area contributed by atoms with Crippen molar-refractivity contribution < 1.29 is 4.74 Å². The Hall–Kier alpha value is -2.43. The molecule has 0 aliphatic carbocycles. The van der Waals surface area contributed by atoms with Crippen LogP contribution in [-0.4, -0.2) is 40.5 Å². The molecule has 1 saturated heterocycles. The average molecular weight is 333 g/mol. The molecule has 3 aromatic rings. The highest BCUT2D eigenvalue weighted by Crippen LogP contribution is 2.25. The molecule has 0 radical (unpaired) electrons. The lowest BCUT2D eigenvalue weighted by molar-refractivity contribution is -0.00430. The standard InChI is InChI=1S/C21H23N3O/c1-17-16-25-13-12-23(17)14-19-15-24(20-10-6-3-7-11-20)22-21(19)18-8-4-2-5-9-18/h2-11,15,17H,12-14,16H2,1H3/t17-/m1/s1. The van der Waals surface area contributed by atoms with Crippen LogP contribution in [0.2, 0.25) is 0 Å².